The van der Waals surface area contributed by atoms with Gasteiger partial charge in [-0.2, -0.15) is 0 Å². The Morgan fingerprint density at radius 2 is 1.88 bits per heavy atom. The maximum Gasteiger partial charge on any atom is 0.573 e. The molecule has 0 spiro atoms. The first-order valence-corrected chi connectivity index (χ1v) is 10.3. The van der Waals surface area contributed by atoms with E-state index in [1.807, 2.05) is 38.1 Å². The molecule has 0 N–H and O–H groups in total. The fourth-order valence-electron chi connectivity index (χ4n) is 2.29. The van der Waals surface area contributed by atoms with Gasteiger partial charge in [-0.1, -0.05) is 37.8 Å². The largest absolute Gasteiger partial charge is 0.573 e. The second kappa shape index (κ2) is 14.5. The van der Waals surface area contributed by atoms with Crippen molar-refractivity contribution in [1.29, 1.82) is 0 Å². The highest BCUT2D eigenvalue weighted by Gasteiger charge is 2.30. The van der Waals surface area contributed by atoms with Gasteiger partial charge in [-0.05, 0) is 47.8 Å². The Morgan fingerprint density at radius 1 is 1.18 bits per heavy atom. The summed E-state index contributed by atoms with van der Waals surface area (Å²) in [6.45, 7) is 9.02. The van der Waals surface area contributed by atoms with Crippen molar-refractivity contribution in [3.63, 3.8) is 0 Å². The lowest BCUT2D eigenvalue weighted by molar-refractivity contribution is -0.274. The van der Waals surface area contributed by atoms with Crippen molar-refractivity contribution in [3.05, 3.63) is 72.6 Å². The van der Waals surface area contributed by atoms with E-state index >= 15 is 0 Å². The fourth-order valence-corrected chi connectivity index (χ4v) is 2.29. The first-order chi connectivity index (χ1) is 15.7. The summed E-state index contributed by atoms with van der Waals surface area (Å²) in [5.74, 6) is -0.0981. The molecule has 0 fully saturated rings. The van der Waals surface area contributed by atoms with E-state index in [0.717, 1.165) is 13.0 Å². The topological polar surface area (TPSA) is 55.7 Å². The van der Waals surface area contributed by atoms with Crippen LogP contribution in [0.4, 0.5) is 13.2 Å². The number of hydrogen-bond donors (Lipinski definition) is 0. The summed E-state index contributed by atoms with van der Waals surface area (Å²) in [7, 11) is 3.34. The van der Waals surface area contributed by atoms with E-state index in [1.54, 1.807) is 24.6 Å². The second-order valence-electron chi connectivity index (χ2n) is 6.60. The minimum atomic E-state index is -4.75. The van der Waals surface area contributed by atoms with Gasteiger partial charge in [0.15, 0.2) is 0 Å². The van der Waals surface area contributed by atoms with E-state index in [0.29, 0.717) is 16.7 Å². The van der Waals surface area contributed by atoms with Gasteiger partial charge in [0.2, 0.25) is 0 Å². The highest BCUT2D eigenvalue weighted by atomic mass is 19.4. The standard InChI is InChI=1S/C24H30F3N3O3/c1-6-8-9-21(23(29-31-5)32-17-15-28-14-16-30(4)7-2)18-19(3)20-10-12-22(13-11-20)33-24(25,26)27/h8-16,18H,3,6-7,17H2,1-2,4-5H3/b9-8-,16-14-,21-18+,28-15?,29-23+. The van der Waals surface area contributed by atoms with E-state index in [2.05, 4.69) is 21.5 Å². The molecule has 0 aliphatic carbocycles. The molecule has 0 amide bonds. The SMILES string of the molecule is C=C(/C=C(\C=C/CC)C(=N\OC)/OCC=N/C=C\N(C)CC)c1ccc(OC(F)(F)F)cc1. The summed E-state index contributed by atoms with van der Waals surface area (Å²) in [5.41, 5.74) is 1.72. The van der Waals surface area contributed by atoms with Crippen LogP contribution in [0.25, 0.3) is 5.57 Å². The number of ether oxygens (including phenoxy) is 2. The number of benzene rings is 1. The monoisotopic (exact) mass is 465 g/mol. The molecule has 6 nitrogen and oxygen atoms in total. The Kier molecular flexibility index (Phi) is 12.1. The molecule has 0 aliphatic heterocycles. The Balaban J connectivity index is 3.00. The third kappa shape index (κ3) is 11.6. The number of hydrogen-bond acceptors (Lipinski definition) is 6. The van der Waals surface area contributed by atoms with E-state index in [4.69, 9.17) is 9.57 Å². The Hall–Kier alpha value is -3.49. The zero-order chi connectivity index (χ0) is 24.7. The Morgan fingerprint density at radius 3 is 2.45 bits per heavy atom. The number of oxime groups is 1. The first kappa shape index (κ1) is 27.5. The molecule has 0 saturated heterocycles. The molecule has 0 heterocycles. The lowest BCUT2D eigenvalue weighted by Gasteiger charge is -2.11. The normalized spacial score (nSPS) is 13.2. The molecular weight excluding hydrogens is 435 g/mol. The van der Waals surface area contributed by atoms with E-state index < -0.39 is 6.36 Å². The predicted molar refractivity (Wildman–Crippen MR) is 126 cm³/mol. The summed E-state index contributed by atoms with van der Waals surface area (Å²) in [6, 6.07) is 5.43. The van der Waals surface area contributed by atoms with Crippen LogP contribution in [0.15, 0.2) is 77.2 Å². The van der Waals surface area contributed by atoms with Crippen LogP contribution in [0.5, 0.6) is 5.75 Å². The predicted octanol–water partition coefficient (Wildman–Crippen LogP) is 5.96. The van der Waals surface area contributed by atoms with Gasteiger partial charge in [0, 0.05) is 37.8 Å². The number of alkyl halides is 3. The maximum atomic E-state index is 12.4. The molecule has 0 saturated carbocycles. The van der Waals surface area contributed by atoms with Gasteiger partial charge in [0.25, 0.3) is 5.90 Å². The quantitative estimate of drug-likeness (QED) is 0.165. The molecule has 0 aromatic heterocycles. The number of nitrogens with zero attached hydrogens (tertiary/aromatic N) is 3. The highest BCUT2D eigenvalue weighted by Crippen LogP contribution is 2.25. The summed E-state index contributed by atoms with van der Waals surface area (Å²) in [4.78, 5) is 11.0. The summed E-state index contributed by atoms with van der Waals surface area (Å²) in [5, 5.41) is 3.94. The van der Waals surface area contributed by atoms with E-state index in [-0.39, 0.29) is 18.3 Å². The van der Waals surface area contributed by atoms with Crippen LogP contribution >= 0.6 is 0 Å². The average Bonchev–Trinajstić information content (AvgIpc) is 2.77. The van der Waals surface area contributed by atoms with Crippen molar-refractivity contribution in [3.8, 4) is 5.75 Å². The summed E-state index contributed by atoms with van der Waals surface area (Å²) < 4.78 is 46.7. The summed E-state index contributed by atoms with van der Waals surface area (Å²) >= 11 is 0. The molecular formula is C24H30F3N3O3. The molecule has 0 bridgehead atoms. The highest BCUT2D eigenvalue weighted by molar-refractivity contribution is 5.99. The van der Waals surface area contributed by atoms with E-state index in [1.165, 1.54) is 31.4 Å². The molecule has 1 rings (SSSR count). The molecule has 9 heteroatoms. The third-order valence-electron chi connectivity index (χ3n) is 4.05. The van der Waals surface area contributed by atoms with Crippen LogP contribution in [0, 0.1) is 0 Å². The molecule has 1 aromatic rings. The maximum absolute atomic E-state index is 12.4. The van der Waals surface area contributed by atoms with Gasteiger partial charge in [-0.3, -0.25) is 4.99 Å². The Bertz CT molecular complexity index is 886. The zero-order valence-corrected chi connectivity index (χ0v) is 19.3. The second-order valence-corrected chi connectivity index (χ2v) is 6.60. The van der Waals surface area contributed by atoms with Crippen LogP contribution < -0.4 is 4.74 Å². The van der Waals surface area contributed by atoms with Gasteiger partial charge in [-0.15, -0.1) is 13.2 Å². The van der Waals surface area contributed by atoms with Gasteiger partial charge in [0.05, 0.1) is 0 Å². The minimum absolute atomic E-state index is 0.148. The average molecular weight is 466 g/mol. The van der Waals surface area contributed by atoms with Crippen LogP contribution in [-0.4, -0.2) is 50.7 Å². The van der Waals surface area contributed by atoms with Gasteiger partial charge < -0.3 is 19.2 Å². The number of allylic oxidation sites excluding steroid dienone is 3. The molecule has 180 valence electrons. The molecule has 0 aliphatic rings. The van der Waals surface area contributed by atoms with Crippen molar-refractivity contribution in [2.24, 2.45) is 10.1 Å². The van der Waals surface area contributed by atoms with Crippen molar-refractivity contribution < 1.29 is 27.5 Å². The van der Waals surface area contributed by atoms with Crippen LogP contribution in [0.3, 0.4) is 0 Å². The molecule has 0 atom stereocenters. The smallest absolute Gasteiger partial charge is 0.469 e. The molecule has 1 aromatic carbocycles. The van der Waals surface area contributed by atoms with Gasteiger partial charge in [-0.25, -0.2) is 0 Å². The summed E-state index contributed by atoms with van der Waals surface area (Å²) in [6.07, 6.45) is 6.52. The van der Waals surface area contributed by atoms with Crippen molar-refractivity contribution in [2.75, 3.05) is 27.3 Å². The van der Waals surface area contributed by atoms with Crippen molar-refractivity contribution in [1.82, 2.24) is 4.90 Å². The van der Waals surface area contributed by atoms with Crippen LogP contribution in [-0.2, 0) is 9.57 Å². The molecule has 33 heavy (non-hydrogen) atoms. The van der Waals surface area contributed by atoms with Gasteiger partial charge >= 0.3 is 6.36 Å². The minimum Gasteiger partial charge on any atom is -0.469 e. The van der Waals surface area contributed by atoms with E-state index in [9.17, 15) is 13.2 Å². The first-order valence-electron chi connectivity index (χ1n) is 10.3. The molecule has 0 unspecified atom stereocenters. The van der Waals surface area contributed by atoms with Crippen LogP contribution in [0.1, 0.15) is 25.8 Å². The van der Waals surface area contributed by atoms with Crippen LogP contribution in [0.2, 0.25) is 0 Å². The van der Waals surface area contributed by atoms with Gasteiger partial charge in [0.1, 0.15) is 19.5 Å². The lowest BCUT2D eigenvalue weighted by Crippen LogP contribution is -2.16. The Labute approximate surface area is 193 Å². The van der Waals surface area contributed by atoms with Crippen molar-refractivity contribution in [2.45, 2.75) is 26.6 Å². The number of halogens is 3. The molecule has 0 radical (unpaired) electrons. The number of rotatable bonds is 12. The number of aliphatic imine (C=N–C) groups is 1. The third-order valence-corrected chi connectivity index (χ3v) is 4.05. The fraction of sp³-hybridized carbons (Fsp3) is 0.333. The lowest BCUT2D eigenvalue weighted by atomic mass is 10.0. The zero-order valence-electron chi connectivity index (χ0n) is 19.3. The van der Waals surface area contributed by atoms with Crippen molar-refractivity contribution >= 4 is 17.7 Å².